The highest BCUT2D eigenvalue weighted by Gasteiger charge is 2.23. The van der Waals surface area contributed by atoms with Crippen molar-refractivity contribution in [3.05, 3.63) is 59.7 Å². The molecule has 0 unspecified atom stereocenters. The summed E-state index contributed by atoms with van der Waals surface area (Å²) in [4.78, 5) is 18.3. The van der Waals surface area contributed by atoms with Crippen molar-refractivity contribution in [3.63, 3.8) is 0 Å². The Hall–Kier alpha value is -3.02. The number of carbonyl (C=O) groups is 1. The highest BCUT2D eigenvalue weighted by Crippen LogP contribution is 2.26. The smallest absolute Gasteiger partial charge is 0.220 e. The first kappa shape index (κ1) is 21.7. The second-order valence-electron chi connectivity index (χ2n) is 7.73. The highest BCUT2D eigenvalue weighted by molar-refractivity contribution is 5.80. The van der Waals surface area contributed by atoms with Crippen molar-refractivity contribution < 1.29 is 9.53 Å². The number of nitrogens with one attached hydrogen (secondary N) is 2. The summed E-state index contributed by atoms with van der Waals surface area (Å²) in [5.74, 6) is 3.13. The summed E-state index contributed by atoms with van der Waals surface area (Å²) < 4.78 is 6.11. The van der Waals surface area contributed by atoms with Crippen LogP contribution in [0.3, 0.4) is 0 Å². The third kappa shape index (κ3) is 5.99. The zero-order chi connectivity index (χ0) is 21.3. The third-order valence-corrected chi connectivity index (χ3v) is 5.54. The molecule has 0 saturated carbocycles. The summed E-state index contributed by atoms with van der Waals surface area (Å²) in [6, 6.07) is 16.1. The molecule has 2 N–H and O–H groups in total. The fourth-order valence-electron chi connectivity index (χ4n) is 3.70. The number of hydrogen-bond acceptors (Lipinski definition) is 3. The number of carbonyl (C=O) groups excluding carboxylic acids is 1. The first-order valence-electron chi connectivity index (χ1n) is 10.6. The Bertz CT molecular complexity index is 856. The summed E-state index contributed by atoms with van der Waals surface area (Å²) in [6.07, 6.45) is 2.61. The van der Waals surface area contributed by atoms with Crippen LogP contribution in [0, 0.1) is 12.8 Å². The maximum Gasteiger partial charge on any atom is 0.220 e. The van der Waals surface area contributed by atoms with E-state index in [-0.39, 0.29) is 5.91 Å². The molecule has 0 radical (unpaired) electrons. The lowest BCUT2D eigenvalue weighted by Gasteiger charge is -2.34. The van der Waals surface area contributed by atoms with E-state index < -0.39 is 0 Å². The number of para-hydroxylation sites is 1. The van der Waals surface area contributed by atoms with E-state index in [4.69, 9.17) is 4.74 Å². The molecule has 0 aromatic heterocycles. The van der Waals surface area contributed by atoms with Crippen LogP contribution in [-0.4, -0.2) is 44.0 Å². The van der Waals surface area contributed by atoms with Crippen molar-refractivity contribution >= 4 is 11.9 Å². The SMILES string of the molecule is CN=C(NCc1ccccc1Oc1ccc(C)cc1)N1CCC(CC(=O)NC)CC1. The van der Waals surface area contributed by atoms with Gasteiger partial charge >= 0.3 is 0 Å². The van der Waals surface area contributed by atoms with Crippen LogP contribution in [0.15, 0.2) is 53.5 Å². The van der Waals surface area contributed by atoms with Gasteiger partial charge in [0.25, 0.3) is 0 Å². The lowest BCUT2D eigenvalue weighted by atomic mass is 9.93. The van der Waals surface area contributed by atoms with Crippen LogP contribution in [-0.2, 0) is 11.3 Å². The van der Waals surface area contributed by atoms with E-state index in [0.29, 0.717) is 18.9 Å². The monoisotopic (exact) mass is 408 g/mol. The Kier molecular flexibility index (Phi) is 7.71. The largest absolute Gasteiger partial charge is 0.457 e. The molecule has 1 aliphatic rings. The van der Waals surface area contributed by atoms with Gasteiger partial charge in [-0.2, -0.15) is 0 Å². The molecule has 1 fully saturated rings. The molecule has 1 amide bonds. The summed E-state index contributed by atoms with van der Waals surface area (Å²) in [5.41, 5.74) is 2.29. The molecular formula is C24H32N4O2. The lowest BCUT2D eigenvalue weighted by molar-refractivity contribution is -0.121. The molecule has 2 aromatic carbocycles. The number of nitrogens with zero attached hydrogens (tertiary/aromatic N) is 2. The molecule has 0 spiro atoms. The van der Waals surface area contributed by atoms with E-state index in [2.05, 4.69) is 33.5 Å². The van der Waals surface area contributed by atoms with E-state index >= 15 is 0 Å². The van der Waals surface area contributed by atoms with Crippen molar-refractivity contribution in [1.82, 2.24) is 15.5 Å². The average Bonchev–Trinajstić information content (AvgIpc) is 2.77. The van der Waals surface area contributed by atoms with Crippen molar-refractivity contribution in [2.75, 3.05) is 27.2 Å². The standard InChI is InChI=1S/C24H32N4O2/c1-18-8-10-21(11-9-18)30-22-7-5-4-6-20(22)17-27-24(26-3)28-14-12-19(13-15-28)16-23(29)25-2/h4-11,19H,12-17H2,1-3H3,(H,25,29)(H,26,27). The Balaban J connectivity index is 1.57. The molecule has 0 atom stereocenters. The van der Waals surface area contributed by atoms with Gasteiger partial charge in [-0.05, 0) is 43.9 Å². The predicted octanol–water partition coefficient (Wildman–Crippen LogP) is 3.71. The second-order valence-corrected chi connectivity index (χ2v) is 7.73. The number of benzene rings is 2. The first-order chi connectivity index (χ1) is 14.6. The minimum Gasteiger partial charge on any atom is -0.457 e. The van der Waals surface area contributed by atoms with Crippen LogP contribution in [0.25, 0.3) is 0 Å². The minimum absolute atomic E-state index is 0.126. The number of piperidine rings is 1. The molecule has 1 heterocycles. The molecule has 2 aromatic rings. The van der Waals surface area contributed by atoms with E-state index in [1.165, 1.54) is 5.56 Å². The fraction of sp³-hybridized carbons (Fsp3) is 0.417. The molecule has 3 rings (SSSR count). The third-order valence-electron chi connectivity index (χ3n) is 5.54. The number of rotatable bonds is 6. The van der Waals surface area contributed by atoms with Crippen LogP contribution in [0.1, 0.15) is 30.4 Å². The molecule has 160 valence electrons. The first-order valence-corrected chi connectivity index (χ1v) is 10.6. The van der Waals surface area contributed by atoms with Gasteiger partial charge in [0.2, 0.25) is 5.91 Å². The molecule has 1 saturated heterocycles. The van der Waals surface area contributed by atoms with E-state index in [0.717, 1.165) is 49.0 Å². The van der Waals surface area contributed by atoms with Crippen LogP contribution < -0.4 is 15.4 Å². The number of aliphatic imine (C=N–C) groups is 1. The van der Waals surface area contributed by atoms with Gasteiger partial charge in [0.05, 0.1) is 0 Å². The van der Waals surface area contributed by atoms with E-state index in [1.807, 2.05) is 49.5 Å². The number of hydrogen-bond donors (Lipinski definition) is 2. The van der Waals surface area contributed by atoms with E-state index in [1.54, 1.807) is 7.05 Å². The second kappa shape index (κ2) is 10.7. The van der Waals surface area contributed by atoms with Crippen molar-refractivity contribution in [3.8, 4) is 11.5 Å². The molecule has 6 heteroatoms. The summed E-state index contributed by atoms with van der Waals surface area (Å²) in [6.45, 7) is 4.51. The normalized spacial score (nSPS) is 15.0. The van der Waals surface area contributed by atoms with Crippen LogP contribution in [0.2, 0.25) is 0 Å². The Morgan fingerprint density at radius 3 is 2.50 bits per heavy atom. The molecule has 0 bridgehead atoms. The van der Waals surface area contributed by atoms with Gasteiger partial charge in [-0.1, -0.05) is 35.9 Å². The lowest BCUT2D eigenvalue weighted by Crippen LogP contribution is -2.45. The van der Waals surface area contributed by atoms with Gasteiger partial charge in [-0.15, -0.1) is 0 Å². The zero-order valence-electron chi connectivity index (χ0n) is 18.1. The van der Waals surface area contributed by atoms with Gasteiger partial charge in [-0.3, -0.25) is 9.79 Å². The molecule has 0 aliphatic carbocycles. The average molecular weight is 409 g/mol. The maximum absolute atomic E-state index is 11.6. The number of guanidine groups is 1. The highest BCUT2D eigenvalue weighted by atomic mass is 16.5. The molecule has 1 aliphatic heterocycles. The summed E-state index contributed by atoms with van der Waals surface area (Å²) in [5, 5.41) is 6.19. The Labute approximate surface area is 179 Å². The van der Waals surface area contributed by atoms with Crippen LogP contribution in [0.5, 0.6) is 11.5 Å². The van der Waals surface area contributed by atoms with Gasteiger partial charge in [0, 0.05) is 45.7 Å². The molecule has 30 heavy (non-hydrogen) atoms. The van der Waals surface area contributed by atoms with Crippen LogP contribution >= 0.6 is 0 Å². The molecular weight excluding hydrogens is 376 g/mol. The maximum atomic E-state index is 11.6. The Morgan fingerprint density at radius 2 is 1.83 bits per heavy atom. The topological polar surface area (TPSA) is 66.0 Å². The number of ether oxygens (including phenoxy) is 1. The zero-order valence-corrected chi connectivity index (χ0v) is 18.1. The summed E-state index contributed by atoms with van der Waals surface area (Å²) in [7, 11) is 3.51. The summed E-state index contributed by atoms with van der Waals surface area (Å²) >= 11 is 0. The fourth-order valence-corrected chi connectivity index (χ4v) is 3.70. The van der Waals surface area contributed by atoms with Crippen molar-refractivity contribution in [1.29, 1.82) is 0 Å². The van der Waals surface area contributed by atoms with Gasteiger partial charge in [0.15, 0.2) is 5.96 Å². The number of likely N-dealkylation sites (tertiary alicyclic amines) is 1. The van der Waals surface area contributed by atoms with E-state index in [9.17, 15) is 4.79 Å². The number of amides is 1. The van der Waals surface area contributed by atoms with Crippen molar-refractivity contribution in [2.45, 2.75) is 32.7 Å². The van der Waals surface area contributed by atoms with Gasteiger partial charge in [0.1, 0.15) is 11.5 Å². The van der Waals surface area contributed by atoms with Gasteiger partial charge in [-0.25, -0.2) is 0 Å². The van der Waals surface area contributed by atoms with Gasteiger partial charge < -0.3 is 20.3 Å². The predicted molar refractivity (Wildman–Crippen MR) is 121 cm³/mol. The van der Waals surface area contributed by atoms with Crippen LogP contribution in [0.4, 0.5) is 0 Å². The number of aryl methyl sites for hydroxylation is 1. The quantitative estimate of drug-likeness (QED) is 0.565. The van der Waals surface area contributed by atoms with Crippen molar-refractivity contribution in [2.24, 2.45) is 10.9 Å². The minimum atomic E-state index is 0.126. The Morgan fingerprint density at radius 1 is 1.13 bits per heavy atom. The molecule has 6 nitrogen and oxygen atoms in total.